The molecule has 0 aliphatic carbocycles. The van der Waals surface area contributed by atoms with Gasteiger partial charge in [0.05, 0.1) is 15.7 Å². The van der Waals surface area contributed by atoms with Gasteiger partial charge in [-0.2, -0.15) is 0 Å². The maximum Gasteiger partial charge on any atom is 0.179 e. The van der Waals surface area contributed by atoms with Crippen LogP contribution in [0.4, 0.5) is 0 Å². The molecule has 0 fully saturated rings. The predicted octanol–water partition coefficient (Wildman–Crippen LogP) is 1.48. The molecule has 2 aromatic heterocycles. The van der Waals surface area contributed by atoms with Crippen LogP contribution >= 0.6 is 11.3 Å². The minimum absolute atomic E-state index is 0.681. The minimum Gasteiger partial charge on any atom is -0.245 e. The second-order valence-corrected chi connectivity index (χ2v) is 3.67. The van der Waals surface area contributed by atoms with E-state index >= 15 is 0 Å². The molecule has 0 spiro atoms. The fraction of sp³-hybridized carbons (Fsp3) is 0. The molecule has 2 heterocycles. The molecule has 0 aliphatic rings. The summed E-state index contributed by atoms with van der Waals surface area (Å²) in [6, 6.07) is 5.93. The highest BCUT2D eigenvalue weighted by molar-refractivity contribution is 7.16. The number of nitrogens with zero attached hydrogens (tertiary/aromatic N) is 4. The van der Waals surface area contributed by atoms with Gasteiger partial charge in [0, 0.05) is 5.56 Å². The molecule has 3 rings (SSSR count). The third-order valence-electron chi connectivity index (χ3n) is 1.95. The lowest BCUT2D eigenvalue weighted by atomic mass is 10.2. The number of hydrogen-bond acceptors (Lipinski definition) is 5. The van der Waals surface area contributed by atoms with Crippen molar-refractivity contribution in [2.45, 2.75) is 0 Å². The van der Waals surface area contributed by atoms with Crippen molar-refractivity contribution < 1.29 is 0 Å². The van der Waals surface area contributed by atoms with E-state index in [1.807, 2.05) is 23.7 Å². The van der Waals surface area contributed by atoms with Crippen LogP contribution in [0.15, 0.2) is 23.7 Å². The standard InChI is InChI=1S/C8H5N5S/c1-2-6-7(14-4-9-6)3-5(1)8-10-12-13-11-8/h1-4H,(H,10,11,12,13). The molecule has 1 aromatic carbocycles. The Labute approximate surface area is 82.8 Å². The molecule has 5 nitrogen and oxygen atoms in total. The van der Waals surface area contributed by atoms with E-state index in [-0.39, 0.29) is 0 Å². The third-order valence-corrected chi connectivity index (χ3v) is 2.74. The highest BCUT2D eigenvalue weighted by atomic mass is 32.1. The van der Waals surface area contributed by atoms with E-state index in [1.54, 1.807) is 11.3 Å². The van der Waals surface area contributed by atoms with Crippen LogP contribution < -0.4 is 0 Å². The summed E-state index contributed by atoms with van der Waals surface area (Å²) < 4.78 is 1.14. The van der Waals surface area contributed by atoms with E-state index in [9.17, 15) is 0 Å². The van der Waals surface area contributed by atoms with Crippen molar-refractivity contribution in [3.05, 3.63) is 23.7 Å². The van der Waals surface area contributed by atoms with Crippen LogP contribution in [0, 0.1) is 0 Å². The van der Waals surface area contributed by atoms with Gasteiger partial charge in [0.2, 0.25) is 0 Å². The number of hydrogen-bond donors (Lipinski definition) is 1. The van der Waals surface area contributed by atoms with Gasteiger partial charge in [-0.05, 0) is 28.6 Å². The first-order valence-electron chi connectivity index (χ1n) is 4.01. The van der Waals surface area contributed by atoms with Gasteiger partial charge < -0.3 is 0 Å². The smallest absolute Gasteiger partial charge is 0.179 e. The van der Waals surface area contributed by atoms with Gasteiger partial charge in [-0.3, -0.25) is 0 Å². The minimum atomic E-state index is 0.681. The summed E-state index contributed by atoms with van der Waals surface area (Å²) in [5.41, 5.74) is 3.81. The molecule has 68 valence electrons. The molecular weight excluding hydrogens is 198 g/mol. The molecule has 0 radical (unpaired) electrons. The van der Waals surface area contributed by atoms with Crippen LogP contribution in [0.3, 0.4) is 0 Å². The SMILES string of the molecule is c1nc2ccc(-c3nnn[nH]3)cc2s1. The van der Waals surface area contributed by atoms with E-state index < -0.39 is 0 Å². The van der Waals surface area contributed by atoms with Crippen LogP contribution in [0.2, 0.25) is 0 Å². The van der Waals surface area contributed by atoms with Crippen molar-refractivity contribution in [2.75, 3.05) is 0 Å². The Kier molecular flexibility index (Phi) is 1.54. The first kappa shape index (κ1) is 7.57. The number of thiazole rings is 1. The second-order valence-electron chi connectivity index (χ2n) is 2.78. The predicted molar refractivity (Wildman–Crippen MR) is 52.8 cm³/mol. The summed E-state index contributed by atoms with van der Waals surface area (Å²) in [5, 5.41) is 13.6. The lowest BCUT2D eigenvalue weighted by Gasteiger charge is -1.93. The van der Waals surface area contributed by atoms with Gasteiger partial charge in [0.1, 0.15) is 0 Å². The molecule has 0 atom stereocenters. The molecular formula is C8H5N5S. The fourth-order valence-electron chi connectivity index (χ4n) is 1.28. The van der Waals surface area contributed by atoms with E-state index in [0.717, 1.165) is 15.8 Å². The normalized spacial score (nSPS) is 10.9. The number of tetrazole rings is 1. The monoisotopic (exact) mass is 203 g/mol. The van der Waals surface area contributed by atoms with Crippen molar-refractivity contribution in [2.24, 2.45) is 0 Å². The van der Waals surface area contributed by atoms with Gasteiger partial charge in [-0.15, -0.1) is 16.4 Å². The van der Waals surface area contributed by atoms with Crippen LogP contribution in [0.1, 0.15) is 0 Å². The number of nitrogens with one attached hydrogen (secondary N) is 1. The summed E-state index contributed by atoms with van der Waals surface area (Å²) >= 11 is 1.61. The van der Waals surface area contributed by atoms with E-state index in [4.69, 9.17) is 0 Å². The van der Waals surface area contributed by atoms with Gasteiger partial charge in [-0.25, -0.2) is 10.1 Å². The average molecular weight is 203 g/mol. The largest absolute Gasteiger partial charge is 0.245 e. The van der Waals surface area contributed by atoms with Gasteiger partial charge >= 0.3 is 0 Å². The van der Waals surface area contributed by atoms with Gasteiger partial charge in [0.15, 0.2) is 5.82 Å². The number of H-pyrrole nitrogens is 1. The molecule has 0 aliphatic heterocycles. The Morgan fingerprint density at radius 3 is 3.14 bits per heavy atom. The topological polar surface area (TPSA) is 67.3 Å². The molecule has 1 N–H and O–H groups in total. The Balaban J connectivity index is 2.23. The molecule has 0 bridgehead atoms. The van der Waals surface area contributed by atoms with Crippen LogP contribution in [-0.4, -0.2) is 25.6 Å². The quantitative estimate of drug-likeness (QED) is 0.650. The number of aromatic nitrogens is 5. The van der Waals surface area contributed by atoms with E-state index in [0.29, 0.717) is 5.82 Å². The second kappa shape index (κ2) is 2.85. The number of benzene rings is 1. The van der Waals surface area contributed by atoms with Crippen molar-refractivity contribution >= 4 is 21.6 Å². The fourth-order valence-corrected chi connectivity index (χ4v) is 2.00. The average Bonchev–Trinajstić information content (AvgIpc) is 2.88. The lowest BCUT2D eigenvalue weighted by molar-refractivity contribution is 0.881. The van der Waals surface area contributed by atoms with Crippen molar-refractivity contribution in [1.29, 1.82) is 0 Å². The zero-order valence-electron chi connectivity index (χ0n) is 7.01. The van der Waals surface area contributed by atoms with Crippen LogP contribution in [0.5, 0.6) is 0 Å². The lowest BCUT2D eigenvalue weighted by Crippen LogP contribution is -1.80. The third kappa shape index (κ3) is 1.08. The number of rotatable bonds is 1. The molecule has 0 unspecified atom stereocenters. The maximum atomic E-state index is 4.20. The molecule has 3 aromatic rings. The first-order chi connectivity index (χ1) is 6.93. The van der Waals surface area contributed by atoms with Crippen LogP contribution in [0.25, 0.3) is 21.6 Å². The zero-order valence-corrected chi connectivity index (χ0v) is 7.82. The Bertz CT molecular complexity index is 556. The van der Waals surface area contributed by atoms with Crippen molar-refractivity contribution in [3.8, 4) is 11.4 Å². The first-order valence-corrected chi connectivity index (χ1v) is 4.89. The van der Waals surface area contributed by atoms with E-state index in [2.05, 4.69) is 25.6 Å². The summed E-state index contributed by atoms with van der Waals surface area (Å²) in [4.78, 5) is 4.20. The summed E-state index contributed by atoms with van der Waals surface area (Å²) in [5.74, 6) is 0.681. The Hall–Kier alpha value is -1.82. The summed E-state index contributed by atoms with van der Waals surface area (Å²) in [6.07, 6.45) is 0. The molecule has 0 saturated heterocycles. The highest BCUT2D eigenvalue weighted by Crippen LogP contribution is 2.23. The van der Waals surface area contributed by atoms with Crippen LogP contribution in [-0.2, 0) is 0 Å². The zero-order chi connectivity index (χ0) is 9.38. The Morgan fingerprint density at radius 1 is 1.29 bits per heavy atom. The van der Waals surface area contributed by atoms with Gasteiger partial charge in [0.25, 0.3) is 0 Å². The summed E-state index contributed by atoms with van der Waals surface area (Å²) in [6.45, 7) is 0. The van der Waals surface area contributed by atoms with Gasteiger partial charge in [-0.1, -0.05) is 0 Å². The number of fused-ring (bicyclic) bond motifs is 1. The van der Waals surface area contributed by atoms with Crippen molar-refractivity contribution in [1.82, 2.24) is 25.6 Å². The number of aromatic amines is 1. The molecule has 14 heavy (non-hydrogen) atoms. The summed E-state index contributed by atoms with van der Waals surface area (Å²) in [7, 11) is 0. The Morgan fingerprint density at radius 2 is 2.29 bits per heavy atom. The maximum absolute atomic E-state index is 4.20. The molecule has 6 heteroatoms. The highest BCUT2D eigenvalue weighted by Gasteiger charge is 2.03. The molecule has 0 amide bonds. The van der Waals surface area contributed by atoms with E-state index in [1.165, 1.54) is 0 Å². The molecule has 0 saturated carbocycles. The van der Waals surface area contributed by atoms with Crippen molar-refractivity contribution in [3.63, 3.8) is 0 Å².